The second-order valence-electron chi connectivity index (χ2n) is 7.13. The zero-order chi connectivity index (χ0) is 18.6. The Morgan fingerprint density at radius 1 is 1.35 bits per heavy atom. The molecule has 1 aliphatic carbocycles. The molecule has 1 aromatic carbocycles. The van der Waals surface area contributed by atoms with Crippen molar-refractivity contribution in [2.75, 3.05) is 13.2 Å². The SMILES string of the molecule is C=C1[C@H]2N[C@@H](C(=O)N[C@@H](c3ccc(C(F)(F)F)cc3F)C3COC3)C[C@@H]12. The molecule has 3 aliphatic rings. The average Bonchev–Trinajstić information content (AvgIpc) is 2.94. The van der Waals surface area contributed by atoms with Crippen LogP contribution in [0, 0.1) is 17.7 Å². The monoisotopic (exact) mass is 370 g/mol. The number of hydrogen-bond acceptors (Lipinski definition) is 3. The van der Waals surface area contributed by atoms with E-state index < -0.39 is 29.6 Å². The summed E-state index contributed by atoms with van der Waals surface area (Å²) in [6, 6.07) is 1.46. The number of carbonyl (C=O) groups excluding carboxylic acids is 1. The first-order valence-corrected chi connectivity index (χ1v) is 8.45. The smallest absolute Gasteiger partial charge is 0.381 e. The predicted octanol–water partition coefficient (Wildman–Crippen LogP) is 2.56. The minimum absolute atomic E-state index is 0.0483. The van der Waals surface area contributed by atoms with Crippen LogP contribution in [0.3, 0.4) is 0 Å². The third kappa shape index (κ3) is 3.01. The van der Waals surface area contributed by atoms with Crippen LogP contribution in [0.15, 0.2) is 30.4 Å². The van der Waals surface area contributed by atoms with E-state index in [4.69, 9.17) is 4.74 Å². The number of carbonyl (C=O) groups is 1. The van der Waals surface area contributed by atoms with E-state index in [0.29, 0.717) is 31.6 Å². The summed E-state index contributed by atoms with van der Waals surface area (Å²) in [5.74, 6) is -1.12. The normalized spacial score (nSPS) is 29.1. The maximum atomic E-state index is 14.4. The number of alkyl halides is 3. The Hall–Kier alpha value is -1.93. The molecule has 8 heteroatoms. The fourth-order valence-electron chi connectivity index (χ4n) is 3.71. The molecule has 2 saturated heterocycles. The molecule has 4 nitrogen and oxygen atoms in total. The number of nitrogens with one attached hydrogen (secondary N) is 2. The van der Waals surface area contributed by atoms with Crippen LogP contribution in [-0.4, -0.2) is 31.2 Å². The Labute approximate surface area is 147 Å². The van der Waals surface area contributed by atoms with Crippen LogP contribution in [0.4, 0.5) is 17.6 Å². The zero-order valence-corrected chi connectivity index (χ0v) is 13.8. The average molecular weight is 370 g/mol. The molecule has 2 heterocycles. The molecule has 1 aromatic rings. The highest BCUT2D eigenvalue weighted by molar-refractivity contribution is 5.83. The molecule has 3 fully saturated rings. The van der Waals surface area contributed by atoms with Gasteiger partial charge in [0.05, 0.1) is 30.9 Å². The van der Waals surface area contributed by atoms with Crippen LogP contribution in [0.1, 0.15) is 23.6 Å². The van der Waals surface area contributed by atoms with Crippen LogP contribution in [0.5, 0.6) is 0 Å². The molecule has 2 N–H and O–H groups in total. The summed E-state index contributed by atoms with van der Waals surface area (Å²) < 4.78 is 57.8. The van der Waals surface area contributed by atoms with E-state index in [9.17, 15) is 22.4 Å². The topological polar surface area (TPSA) is 50.4 Å². The van der Waals surface area contributed by atoms with Crippen LogP contribution in [0.25, 0.3) is 0 Å². The van der Waals surface area contributed by atoms with Gasteiger partial charge in [0.1, 0.15) is 5.82 Å². The van der Waals surface area contributed by atoms with Crippen molar-refractivity contribution in [3.8, 4) is 0 Å². The van der Waals surface area contributed by atoms with Gasteiger partial charge in [0.15, 0.2) is 0 Å². The number of rotatable bonds is 4. The van der Waals surface area contributed by atoms with E-state index in [1.54, 1.807) is 0 Å². The van der Waals surface area contributed by atoms with Crippen molar-refractivity contribution < 1.29 is 27.1 Å². The first kappa shape index (κ1) is 17.5. The molecule has 0 unspecified atom stereocenters. The largest absolute Gasteiger partial charge is 0.416 e. The Kier molecular flexibility index (Phi) is 4.07. The zero-order valence-electron chi connectivity index (χ0n) is 13.8. The van der Waals surface area contributed by atoms with Crippen LogP contribution in [0.2, 0.25) is 0 Å². The van der Waals surface area contributed by atoms with Crippen molar-refractivity contribution >= 4 is 5.91 Å². The minimum atomic E-state index is -4.62. The number of amides is 1. The lowest BCUT2D eigenvalue weighted by Gasteiger charge is -2.35. The van der Waals surface area contributed by atoms with Gasteiger partial charge in [0.2, 0.25) is 5.91 Å². The standard InChI is InChI=1S/C18H18F4N2O2/c1-8-12-5-14(23-15(8)12)17(25)24-16(9-6-26-7-9)11-3-2-10(4-13(11)19)18(20,21)22/h2-4,9,12,14-16,23H,1,5-7H2,(H,24,25)/t12-,14+,15+,16+/m0/s1. The number of piperidine rings is 1. The summed E-state index contributed by atoms with van der Waals surface area (Å²) >= 11 is 0. The first-order valence-electron chi connectivity index (χ1n) is 8.45. The van der Waals surface area contributed by atoms with E-state index in [-0.39, 0.29) is 23.4 Å². The number of halogens is 4. The summed E-state index contributed by atoms with van der Waals surface area (Å²) in [4.78, 5) is 12.5. The Bertz CT molecular complexity index is 746. The Morgan fingerprint density at radius 2 is 2.08 bits per heavy atom. The second-order valence-corrected chi connectivity index (χ2v) is 7.13. The van der Waals surface area contributed by atoms with Crippen LogP contribution in [-0.2, 0) is 15.7 Å². The van der Waals surface area contributed by atoms with Crippen molar-refractivity contribution in [2.24, 2.45) is 11.8 Å². The molecule has 140 valence electrons. The fraction of sp³-hybridized carbons (Fsp3) is 0.500. The summed E-state index contributed by atoms with van der Waals surface area (Å²) in [5, 5.41) is 5.97. The number of hydrogen-bond donors (Lipinski definition) is 2. The summed E-state index contributed by atoms with van der Waals surface area (Å²) in [7, 11) is 0. The molecule has 0 radical (unpaired) electrons. The van der Waals surface area contributed by atoms with Gasteiger partial charge < -0.3 is 10.1 Å². The first-order chi connectivity index (χ1) is 12.3. The summed E-state index contributed by atoms with van der Waals surface area (Å²) in [6.07, 6.45) is -3.98. The highest BCUT2D eigenvalue weighted by Gasteiger charge is 2.52. The van der Waals surface area contributed by atoms with Gasteiger partial charge >= 0.3 is 6.18 Å². The molecule has 2 aliphatic heterocycles. The molecule has 0 aromatic heterocycles. The fourth-order valence-corrected chi connectivity index (χ4v) is 3.71. The Balaban J connectivity index is 1.52. The minimum Gasteiger partial charge on any atom is -0.381 e. The second kappa shape index (κ2) is 6.06. The van der Waals surface area contributed by atoms with Gasteiger partial charge in [-0.15, -0.1) is 0 Å². The third-order valence-corrected chi connectivity index (χ3v) is 5.45. The van der Waals surface area contributed by atoms with E-state index in [0.717, 1.165) is 17.7 Å². The number of benzene rings is 1. The van der Waals surface area contributed by atoms with Gasteiger partial charge in [0, 0.05) is 23.4 Å². The lowest BCUT2D eigenvalue weighted by Crippen LogP contribution is -2.48. The summed E-state index contributed by atoms with van der Waals surface area (Å²) in [6.45, 7) is 4.54. The van der Waals surface area contributed by atoms with Crippen molar-refractivity contribution in [3.63, 3.8) is 0 Å². The van der Waals surface area contributed by atoms with E-state index in [1.165, 1.54) is 0 Å². The predicted molar refractivity (Wildman–Crippen MR) is 84.6 cm³/mol. The van der Waals surface area contributed by atoms with Crippen molar-refractivity contribution in [1.29, 1.82) is 0 Å². The van der Waals surface area contributed by atoms with Crippen LogP contribution >= 0.6 is 0 Å². The summed E-state index contributed by atoms with van der Waals surface area (Å²) in [5.41, 5.74) is 0.0868. The highest BCUT2D eigenvalue weighted by atomic mass is 19.4. The lowest BCUT2D eigenvalue weighted by molar-refractivity contribution is -0.138. The van der Waals surface area contributed by atoms with E-state index in [1.807, 2.05) is 0 Å². The molecule has 1 amide bonds. The molecule has 4 rings (SSSR count). The third-order valence-electron chi connectivity index (χ3n) is 5.45. The van der Waals surface area contributed by atoms with Gasteiger partial charge in [0.25, 0.3) is 0 Å². The highest BCUT2D eigenvalue weighted by Crippen LogP contribution is 2.45. The van der Waals surface area contributed by atoms with Gasteiger partial charge in [-0.25, -0.2) is 4.39 Å². The van der Waals surface area contributed by atoms with Gasteiger partial charge in [-0.2, -0.15) is 13.2 Å². The molecule has 4 atom stereocenters. The van der Waals surface area contributed by atoms with Crippen molar-refractivity contribution in [1.82, 2.24) is 10.6 Å². The van der Waals surface area contributed by atoms with Gasteiger partial charge in [-0.05, 0) is 18.6 Å². The number of fused-ring (bicyclic) bond motifs is 1. The number of ether oxygens (including phenoxy) is 1. The molecule has 0 bridgehead atoms. The molecular weight excluding hydrogens is 352 g/mol. The van der Waals surface area contributed by atoms with Crippen molar-refractivity contribution in [3.05, 3.63) is 47.3 Å². The van der Waals surface area contributed by atoms with Gasteiger partial charge in [-0.3, -0.25) is 10.1 Å². The van der Waals surface area contributed by atoms with Gasteiger partial charge in [-0.1, -0.05) is 18.2 Å². The van der Waals surface area contributed by atoms with E-state index >= 15 is 0 Å². The lowest BCUT2D eigenvalue weighted by atomic mass is 9.90. The quantitative estimate of drug-likeness (QED) is 0.633. The Morgan fingerprint density at radius 3 is 2.58 bits per heavy atom. The molecule has 0 spiro atoms. The maximum absolute atomic E-state index is 14.4. The molecular formula is C18H18F4N2O2. The molecule has 1 saturated carbocycles. The maximum Gasteiger partial charge on any atom is 0.416 e. The van der Waals surface area contributed by atoms with Crippen LogP contribution < -0.4 is 10.6 Å². The van der Waals surface area contributed by atoms with Crippen molar-refractivity contribution in [2.45, 2.75) is 30.7 Å². The van der Waals surface area contributed by atoms with E-state index in [2.05, 4.69) is 17.2 Å². The molecule has 26 heavy (non-hydrogen) atoms.